The minimum Gasteiger partial charge on any atom is -0.342 e. The van der Waals surface area contributed by atoms with Crippen LogP contribution in [0.3, 0.4) is 0 Å². The molecule has 1 N–H and O–H groups in total. The van der Waals surface area contributed by atoms with Crippen molar-refractivity contribution < 1.29 is 9.18 Å². The zero-order valence-electron chi connectivity index (χ0n) is 12.9. The van der Waals surface area contributed by atoms with Crippen molar-refractivity contribution in [1.29, 1.82) is 0 Å². The highest BCUT2D eigenvalue weighted by atomic mass is 35.5. The summed E-state index contributed by atoms with van der Waals surface area (Å²) in [6.45, 7) is 3.08. The lowest BCUT2D eigenvalue weighted by Gasteiger charge is -2.31. The number of rotatable bonds is 3. The maximum atomic E-state index is 13.8. The third-order valence-electron chi connectivity index (χ3n) is 4.14. The number of aromatic nitrogens is 3. The molecule has 1 fully saturated rings. The Morgan fingerprint density at radius 3 is 3.04 bits per heavy atom. The molecule has 0 saturated carbocycles. The molecule has 1 aromatic heterocycles. The van der Waals surface area contributed by atoms with Crippen molar-refractivity contribution in [2.75, 3.05) is 13.1 Å². The first-order valence-corrected chi connectivity index (χ1v) is 8.02. The number of nitrogens with one attached hydrogen (secondary N) is 1. The van der Waals surface area contributed by atoms with E-state index in [1.54, 1.807) is 11.0 Å². The maximum Gasteiger partial charge on any atom is 0.227 e. The van der Waals surface area contributed by atoms with Crippen LogP contribution in [0.15, 0.2) is 18.2 Å². The molecule has 0 aliphatic carbocycles. The summed E-state index contributed by atoms with van der Waals surface area (Å²) < 4.78 is 13.8. The number of aromatic amines is 1. The topological polar surface area (TPSA) is 61.9 Å². The number of benzene rings is 1. The predicted molar refractivity (Wildman–Crippen MR) is 84.8 cm³/mol. The molecule has 1 aromatic carbocycles. The Morgan fingerprint density at radius 1 is 1.52 bits per heavy atom. The Labute approximate surface area is 138 Å². The van der Waals surface area contributed by atoms with Crippen LogP contribution in [0.4, 0.5) is 4.39 Å². The fourth-order valence-electron chi connectivity index (χ4n) is 2.92. The molecule has 0 spiro atoms. The van der Waals surface area contributed by atoms with Crippen LogP contribution in [0.2, 0.25) is 5.02 Å². The number of hydrogen-bond acceptors (Lipinski definition) is 3. The van der Waals surface area contributed by atoms with E-state index in [1.165, 1.54) is 12.1 Å². The van der Waals surface area contributed by atoms with Crippen LogP contribution in [-0.2, 0) is 11.2 Å². The van der Waals surface area contributed by atoms with Crippen molar-refractivity contribution in [2.45, 2.75) is 32.1 Å². The molecule has 122 valence electrons. The first kappa shape index (κ1) is 15.9. The number of carbonyl (C=O) groups is 1. The van der Waals surface area contributed by atoms with Crippen molar-refractivity contribution in [1.82, 2.24) is 20.1 Å². The van der Waals surface area contributed by atoms with E-state index >= 15 is 0 Å². The minimum atomic E-state index is -0.441. The van der Waals surface area contributed by atoms with Gasteiger partial charge in [0.15, 0.2) is 5.82 Å². The summed E-state index contributed by atoms with van der Waals surface area (Å²) in [5, 5.41) is 7.31. The molecule has 23 heavy (non-hydrogen) atoms. The summed E-state index contributed by atoms with van der Waals surface area (Å²) >= 11 is 6.00. The van der Waals surface area contributed by atoms with Crippen LogP contribution in [0.5, 0.6) is 0 Å². The van der Waals surface area contributed by atoms with Crippen LogP contribution in [0.25, 0.3) is 0 Å². The zero-order valence-corrected chi connectivity index (χ0v) is 13.6. The van der Waals surface area contributed by atoms with E-state index in [2.05, 4.69) is 15.2 Å². The molecule has 1 saturated heterocycles. The molecule has 2 heterocycles. The van der Waals surface area contributed by atoms with Gasteiger partial charge in [0.25, 0.3) is 0 Å². The number of nitrogens with zero attached hydrogens (tertiary/aromatic N) is 3. The van der Waals surface area contributed by atoms with Crippen molar-refractivity contribution >= 4 is 17.5 Å². The van der Waals surface area contributed by atoms with Crippen molar-refractivity contribution in [3.63, 3.8) is 0 Å². The van der Waals surface area contributed by atoms with E-state index in [4.69, 9.17) is 11.6 Å². The van der Waals surface area contributed by atoms with Crippen LogP contribution in [0.1, 0.15) is 36.0 Å². The number of halogens is 2. The number of piperidine rings is 1. The highest BCUT2D eigenvalue weighted by Crippen LogP contribution is 2.26. The van der Waals surface area contributed by atoms with E-state index in [9.17, 15) is 9.18 Å². The number of H-pyrrole nitrogens is 1. The molecule has 1 unspecified atom stereocenters. The molecular formula is C16H18ClFN4O. The molecule has 1 aliphatic heterocycles. The fraction of sp³-hybridized carbons (Fsp3) is 0.438. The third kappa shape index (κ3) is 3.52. The van der Waals surface area contributed by atoms with Crippen LogP contribution < -0.4 is 0 Å². The number of likely N-dealkylation sites (tertiary alicyclic amines) is 1. The summed E-state index contributed by atoms with van der Waals surface area (Å²) in [7, 11) is 0. The van der Waals surface area contributed by atoms with E-state index in [-0.39, 0.29) is 28.8 Å². The molecule has 0 radical (unpaired) electrons. The normalized spacial score (nSPS) is 18.2. The van der Waals surface area contributed by atoms with Gasteiger partial charge in [0, 0.05) is 29.6 Å². The highest BCUT2D eigenvalue weighted by Gasteiger charge is 2.27. The van der Waals surface area contributed by atoms with E-state index < -0.39 is 5.82 Å². The molecule has 2 aromatic rings. The SMILES string of the molecule is Cc1nc(C2CCCN(C(=O)Cc3c(F)cccc3Cl)C2)n[nH]1. The molecule has 1 amide bonds. The minimum absolute atomic E-state index is 0.0226. The molecular weight excluding hydrogens is 319 g/mol. The van der Waals surface area contributed by atoms with Gasteiger partial charge in [-0.15, -0.1) is 0 Å². The smallest absolute Gasteiger partial charge is 0.227 e. The quantitative estimate of drug-likeness (QED) is 0.937. The van der Waals surface area contributed by atoms with Crippen LogP contribution >= 0.6 is 11.6 Å². The Kier molecular flexibility index (Phi) is 4.61. The summed E-state index contributed by atoms with van der Waals surface area (Å²) in [6.07, 6.45) is 1.81. The van der Waals surface area contributed by atoms with Gasteiger partial charge >= 0.3 is 0 Å². The van der Waals surface area contributed by atoms with Crippen molar-refractivity contribution in [3.8, 4) is 0 Å². The number of amides is 1. The average molecular weight is 337 g/mol. The van der Waals surface area contributed by atoms with Gasteiger partial charge < -0.3 is 4.90 Å². The monoisotopic (exact) mass is 336 g/mol. The zero-order chi connectivity index (χ0) is 16.4. The van der Waals surface area contributed by atoms with Gasteiger partial charge in [0.05, 0.1) is 6.42 Å². The summed E-state index contributed by atoms with van der Waals surface area (Å²) in [5.74, 6) is 1.07. The number of carbonyl (C=O) groups excluding carboxylic acids is 1. The standard InChI is InChI=1S/C16H18ClFN4O/c1-10-19-16(21-20-10)11-4-3-7-22(9-11)15(23)8-12-13(17)5-2-6-14(12)18/h2,5-6,11H,3-4,7-9H2,1H3,(H,19,20,21). The third-order valence-corrected chi connectivity index (χ3v) is 4.50. The molecule has 7 heteroatoms. The van der Waals surface area contributed by atoms with Gasteiger partial charge in [0.2, 0.25) is 5.91 Å². The fourth-order valence-corrected chi connectivity index (χ4v) is 3.15. The Balaban J connectivity index is 1.70. The van der Waals surface area contributed by atoms with Gasteiger partial charge in [-0.1, -0.05) is 17.7 Å². The predicted octanol–water partition coefficient (Wildman–Crippen LogP) is 2.85. The van der Waals surface area contributed by atoms with Gasteiger partial charge in [0.1, 0.15) is 11.6 Å². The maximum absolute atomic E-state index is 13.8. The van der Waals surface area contributed by atoms with E-state index in [0.717, 1.165) is 24.5 Å². The molecule has 3 rings (SSSR count). The van der Waals surface area contributed by atoms with E-state index in [0.29, 0.717) is 13.1 Å². The number of hydrogen-bond donors (Lipinski definition) is 1. The Bertz CT molecular complexity index is 698. The second kappa shape index (κ2) is 6.66. The first-order chi connectivity index (χ1) is 11.0. The van der Waals surface area contributed by atoms with Crippen LogP contribution in [-0.4, -0.2) is 39.1 Å². The second-order valence-electron chi connectivity index (χ2n) is 5.83. The summed E-state index contributed by atoms with van der Waals surface area (Å²) in [5.41, 5.74) is 0.259. The average Bonchev–Trinajstić information content (AvgIpc) is 2.97. The summed E-state index contributed by atoms with van der Waals surface area (Å²) in [6, 6.07) is 4.46. The second-order valence-corrected chi connectivity index (χ2v) is 6.24. The van der Waals surface area contributed by atoms with Gasteiger partial charge in [-0.25, -0.2) is 9.37 Å². The van der Waals surface area contributed by atoms with Crippen LogP contribution in [0, 0.1) is 12.7 Å². The van der Waals surface area contributed by atoms with Crippen molar-refractivity contribution in [2.24, 2.45) is 0 Å². The molecule has 5 nitrogen and oxygen atoms in total. The van der Waals surface area contributed by atoms with Crippen molar-refractivity contribution in [3.05, 3.63) is 46.3 Å². The Hall–Kier alpha value is -1.95. The van der Waals surface area contributed by atoms with E-state index in [1.807, 2.05) is 6.92 Å². The lowest BCUT2D eigenvalue weighted by molar-refractivity contribution is -0.131. The van der Waals surface area contributed by atoms with Gasteiger partial charge in [-0.05, 0) is 31.9 Å². The first-order valence-electron chi connectivity index (χ1n) is 7.64. The lowest BCUT2D eigenvalue weighted by atomic mass is 9.96. The largest absolute Gasteiger partial charge is 0.342 e. The molecule has 0 bridgehead atoms. The molecule has 1 atom stereocenters. The number of aryl methyl sites for hydroxylation is 1. The van der Waals surface area contributed by atoms with Gasteiger partial charge in [-0.2, -0.15) is 5.10 Å². The highest BCUT2D eigenvalue weighted by molar-refractivity contribution is 6.31. The molecule has 1 aliphatic rings. The summed E-state index contributed by atoms with van der Waals surface area (Å²) in [4.78, 5) is 18.6. The Morgan fingerprint density at radius 2 is 2.35 bits per heavy atom. The lowest BCUT2D eigenvalue weighted by Crippen LogP contribution is -2.40. The van der Waals surface area contributed by atoms with Gasteiger partial charge in [-0.3, -0.25) is 9.89 Å².